The van der Waals surface area contributed by atoms with Crippen molar-refractivity contribution in [3.8, 4) is 5.88 Å². The van der Waals surface area contributed by atoms with Crippen molar-refractivity contribution in [3.63, 3.8) is 0 Å². The Balaban J connectivity index is 1.48. The van der Waals surface area contributed by atoms with Crippen molar-refractivity contribution < 1.29 is 9.53 Å². The second kappa shape index (κ2) is 7.62. The van der Waals surface area contributed by atoms with Gasteiger partial charge < -0.3 is 9.64 Å². The van der Waals surface area contributed by atoms with Gasteiger partial charge in [-0.25, -0.2) is 0 Å². The summed E-state index contributed by atoms with van der Waals surface area (Å²) in [6.07, 6.45) is 2.11. The van der Waals surface area contributed by atoms with Gasteiger partial charge >= 0.3 is 0 Å². The highest BCUT2D eigenvalue weighted by Crippen LogP contribution is 2.18. The summed E-state index contributed by atoms with van der Waals surface area (Å²) in [6, 6.07) is 11.1. The van der Waals surface area contributed by atoms with E-state index < -0.39 is 0 Å². The van der Waals surface area contributed by atoms with Crippen LogP contribution in [0.15, 0.2) is 36.4 Å². The second-order valence-corrected chi connectivity index (χ2v) is 6.45. The molecule has 1 aromatic carbocycles. The lowest BCUT2D eigenvalue weighted by atomic mass is 10.1. The Morgan fingerprint density at radius 3 is 2.50 bits per heavy atom. The van der Waals surface area contributed by atoms with E-state index in [-0.39, 0.29) is 12.0 Å². The highest BCUT2D eigenvalue weighted by molar-refractivity contribution is 6.30. The Bertz CT molecular complexity index is 680. The monoisotopic (exact) mass is 345 g/mol. The van der Waals surface area contributed by atoms with E-state index >= 15 is 0 Å². The average Bonchev–Trinajstić information content (AvgIpc) is 2.59. The number of hydrogen-bond acceptors (Lipinski definition) is 4. The van der Waals surface area contributed by atoms with Crippen LogP contribution >= 0.6 is 11.6 Å². The second-order valence-electron chi connectivity index (χ2n) is 6.01. The molecular weight excluding hydrogens is 326 g/mol. The summed E-state index contributed by atoms with van der Waals surface area (Å²) in [5.41, 5.74) is 1.85. The highest BCUT2D eigenvalue weighted by Gasteiger charge is 2.24. The number of rotatable bonds is 4. The molecule has 0 aliphatic carbocycles. The number of ether oxygens (including phenoxy) is 1. The Morgan fingerprint density at radius 2 is 1.88 bits per heavy atom. The van der Waals surface area contributed by atoms with E-state index in [1.165, 1.54) is 0 Å². The maximum Gasteiger partial charge on any atom is 0.233 e. The summed E-state index contributed by atoms with van der Waals surface area (Å²) in [5, 5.41) is 8.70. The van der Waals surface area contributed by atoms with E-state index in [2.05, 4.69) is 10.2 Å². The molecule has 3 rings (SSSR count). The number of halogens is 1. The van der Waals surface area contributed by atoms with Crippen molar-refractivity contribution >= 4 is 17.5 Å². The normalized spacial score (nSPS) is 15.3. The summed E-state index contributed by atoms with van der Waals surface area (Å²) in [5.74, 6) is 0.692. The van der Waals surface area contributed by atoms with Gasteiger partial charge in [0.1, 0.15) is 6.10 Å². The first-order valence-corrected chi connectivity index (χ1v) is 8.47. The minimum Gasteiger partial charge on any atom is -0.473 e. The lowest BCUT2D eigenvalue weighted by Gasteiger charge is -2.32. The molecule has 126 valence electrons. The summed E-state index contributed by atoms with van der Waals surface area (Å²) >= 11 is 5.87. The number of aryl methyl sites for hydroxylation is 1. The van der Waals surface area contributed by atoms with Crippen molar-refractivity contribution in [3.05, 3.63) is 52.7 Å². The van der Waals surface area contributed by atoms with E-state index in [0.717, 1.165) is 24.1 Å². The molecule has 0 atom stereocenters. The van der Waals surface area contributed by atoms with Crippen LogP contribution in [0, 0.1) is 6.92 Å². The molecule has 24 heavy (non-hydrogen) atoms. The third-order valence-corrected chi connectivity index (χ3v) is 4.38. The number of carbonyl (C=O) groups is 1. The molecule has 1 aliphatic heterocycles. The molecule has 0 bridgehead atoms. The van der Waals surface area contributed by atoms with Crippen LogP contribution in [-0.2, 0) is 11.2 Å². The molecule has 1 saturated heterocycles. The van der Waals surface area contributed by atoms with Crippen molar-refractivity contribution in [2.24, 2.45) is 0 Å². The summed E-state index contributed by atoms with van der Waals surface area (Å²) in [6.45, 7) is 3.30. The molecule has 2 heterocycles. The molecule has 5 nitrogen and oxygen atoms in total. The molecule has 0 N–H and O–H groups in total. The minimum atomic E-state index is 0.0848. The summed E-state index contributed by atoms with van der Waals surface area (Å²) in [7, 11) is 0. The van der Waals surface area contributed by atoms with Gasteiger partial charge in [-0.05, 0) is 30.7 Å². The van der Waals surface area contributed by atoms with Crippen molar-refractivity contribution in [1.29, 1.82) is 0 Å². The topological polar surface area (TPSA) is 55.3 Å². The van der Waals surface area contributed by atoms with Gasteiger partial charge in [0.25, 0.3) is 0 Å². The standard InChI is InChI=1S/C18H20ClN3O2/c1-13-2-7-17(21-20-13)24-16-8-10-22(11-9-16)18(23)12-14-3-5-15(19)6-4-14/h2-7,16H,8-12H2,1H3. The van der Waals surface area contributed by atoms with Crippen molar-refractivity contribution in [1.82, 2.24) is 15.1 Å². The molecule has 1 amide bonds. The van der Waals surface area contributed by atoms with Crippen LogP contribution in [0.3, 0.4) is 0 Å². The number of carbonyl (C=O) groups excluding carboxylic acids is 1. The van der Waals surface area contributed by atoms with Gasteiger partial charge in [-0.2, -0.15) is 5.10 Å². The van der Waals surface area contributed by atoms with Crippen LogP contribution < -0.4 is 4.74 Å². The van der Waals surface area contributed by atoms with Gasteiger partial charge in [0, 0.05) is 37.0 Å². The van der Waals surface area contributed by atoms with Gasteiger partial charge in [0.05, 0.1) is 12.1 Å². The zero-order chi connectivity index (χ0) is 16.9. The number of nitrogens with zero attached hydrogens (tertiary/aromatic N) is 3. The third-order valence-electron chi connectivity index (χ3n) is 4.12. The number of likely N-dealkylation sites (tertiary alicyclic amines) is 1. The molecule has 1 aliphatic rings. The van der Waals surface area contributed by atoms with Crippen LogP contribution in [0.5, 0.6) is 5.88 Å². The SMILES string of the molecule is Cc1ccc(OC2CCN(C(=O)Cc3ccc(Cl)cc3)CC2)nn1. The number of amides is 1. The van der Waals surface area contributed by atoms with E-state index in [4.69, 9.17) is 16.3 Å². The first kappa shape index (κ1) is 16.7. The fraction of sp³-hybridized carbons (Fsp3) is 0.389. The smallest absolute Gasteiger partial charge is 0.233 e. The van der Waals surface area contributed by atoms with Gasteiger partial charge in [0.15, 0.2) is 0 Å². The maximum absolute atomic E-state index is 12.4. The number of aromatic nitrogens is 2. The van der Waals surface area contributed by atoms with Gasteiger partial charge in [-0.1, -0.05) is 23.7 Å². The number of piperidine rings is 1. The fourth-order valence-corrected chi connectivity index (χ4v) is 2.86. The largest absolute Gasteiger partial charge is 0.473 e. The van der Waals surface area contributed by atoms with Crippen LogP contribution in [0.2, 0.25) is 5.02 Å². The molecule has 0 saturated carbocycles. The van der Waals surface area contributed by atoms with Crippen LogP contribution in [0.1, 0.15) is 24.1 Å². The highest BCUT2D eigenvalue weighted by atomic mass is 35.5. The lowest BCUT2D eigenvalue weighted by Crippen LogP contribution is -2.42. The third kappa shape index (κ3) is 4.45. The molecule has 1 aromatic heterocycles. The van der Waals surface area contributed by atoms with Gasteiger partial charge in [0.2, 0.25) is 11.8 Å². The number of benzene rings is 1. The predicted octanol–water partition coefficient (Wildman–Crippen LogP) is 3.05. The molecule has 0 unspecified atom stereocenters. The Morgan fingerprint density at radius 1 is 1.17 bits per heavy atom. The average molecular weight is 346 g/mol. The zero-order valence-electron chi connectivity index (χ0n) is 13.6. The summed E-state index contributed by atoms with van der Waals surface area (Å²) in [4.78, 5) is 14.3. The van der Waals surface area contributed by atoms with Crippen molar-refractivity contribution in [2.45, 2.75) is 32.3 Å². The molecular formula is C18H20ClN3O2. The first-order chi connectivity index (χ1) is 11.6. The first-order valence-electron chi connectivity index (χ1n) is 8.09. The van der Waals surface area contributed by atoms with Crippen LogP contribution in [-0.4, -0.2) is 40.2 Å². The summed E-state index contributed by atoms with van der Waals surface area (Å²) < 4.78 is 5.84. The number of hydrogen-bond donors (Lipinski definition) is 0. The maximum atomic E-state index is 12.4. The Kier molecular flexibility index (Phi) is 5.30. The van der Waals surface area contributed by atoms with E-state index in [1.54, 1.807) is 0 Å². The fourth-order valence-electron chi connectivity index (χ4n) is 2.73. The van der Waals surface area contributed by atoms with Crippen LogP contribution in [0.25, 0.3) is 0 Å². The molecule has 6 heteroatoms. The Labute approximate surface area is 146 Å². The Hall–Kier alpha value is -2.14. The van der Waals surface area contributed by atoms with Crippen molar-refractivity contribution in [2.75, 3.05) is 13.1 Å². The molecule has 1 fully saturated rings. The van der Waals surface area contributed by atoms with Gasteiger partial charge in [-0.3, -0.25) is 4.79 Å². The predicted molar refractivity (Wildman–Crippen MR) is 92.2 cm³/mol. The van der Waals surface area contributed by atoms with E-state index in [9.17, 15) is 4.79 Å². The molecule has 0 radical (unpaired) electrons. The molecule has 0 spiro atoms. The lowest BCUT2D eigenvalue weighted by molar-refractivity contribution is -0.132. The van der Waals surface area contributed by atoms with E-state index in [0.29, 0.717) is 30.4 Å². The van der Waals surface area contributed by atoms with E-state index in [1.807, 2.05) is 48.2 Å². The zero-order valence-corrected chi connectivity index (χ0v) is 14.4. The van der Waals surface area contributed by atoms with Gasteiger partial charge in [-0.15, -0.1) is 5.10 Å². The minimum absolute atomic E-state index is 0.0848. The molecule has 2 aromatic rings. The van der Waals surface area contributed by atoms with Crippen LogP contribution in [0.4, 0.5) is 0 Å². The quantitative estimate of drug-likeness (QED) is 0.854.